The predicted octanol–water partition coefficient (Wildman–Crippen LogP) is 5.60. The van der Waals surface area contributed by atoms with Gasteiger partial charge in [-0.05, 0) is 43.2 Å². The van der Waals surface area contributed by atoms with Crippen LogP contribution in [0.4, 0.5) is 5.13 Å². The van der Waals surface area contributed by atoms with E-state index in [0.29, 0.717) is 29.2 Å². The molecule has 3 aromatic rings. The Morgan fingerprint density at radius 3 is 2.53 bits per heavy atom. The number of nitrogens with zero attached hydrogens (tertiary/aromatic N) is 2. The van der Waals surface area contributed by atoms with E-state index in [0.717, 1.165) is 24.2 Å². The summed E-state index contributed by atoms with van der Waals surface area (Å²) in [6.07, 6.45) is 3.38. The first-order valence-corrected chi connectivity index (χ1v) is 13.0. The number of hydrogen-bond acceptors (Lipinski definition) is 8. The monoisotopic (exact) mass is 532 g/mol. The summed E-state index contributed by atoms with van der Waals surface area (Å²) in [5.74, 6) is -1.95. The number of carbonyl (C=O) groups is 3. The van der Waals surface area contributed by atoms with Crippen LogP contribution in [0.15, 0.2) is 72.8 Å². The minimum Gasteiger partial charge on any atom is -0.507 e. The first kappa shape index (κ1) is 26.8. The Kier molecular flexibility index (Phi) is 8.38. The van der Waals surface area contributed by atoms with Crippen LogP contribution in [-0.4, -0.2) is 41.0 Å². The molecule has 1 aliphatic rings. The molecule has 0 unspecified atom stereocenters. The maximum Gasteiger partial charge on any atom is 0.350 e. The third kappa shape index (κ3) is 5.38. The number of benzene rings is 2. The molecule has 2 aromatic carbocycles. The highest BCUT2D eigenvalue weighted by molar-refractivity contribution is 7.17. The summed E-state index contributed by atoms with van der Waals surface area (Å²) in [4.78, 5) is 45.0. The number of anilines is 1. The highest BCUT2D eigenvalue weighted by atomic mass is 32.1. The number of esters is 1. The zero-order chi connectivity index (χ0) is 27.2. The Morgan fingerprint density at radius 1 is 1.16 bits per heavy atom. The van der Waals surface area contributed by atoms with Crippen LogP contribution in [0.3, 0.4) is 0 Å². The zero-order valence-electron chi connectivity index (χ0n) is 21.2. The molecule has 1 amide bonds. The van der Waals surface area contributed by atoms with Crippen molar-refractivity contribution in [3.8, 4) is 5.75 Å². The van der Waals surface area contributed by atoms with E-state index in [1.54, 1.807) is 55.5 Å². The molecule has 4 rings (SSSR count). The van der Waals surface area contributed by atoms with Crippen molar-refractivity contribution in [1.82, 2.24) is 4.98 Å². The summed E-state index contributed by atoms with van der Waals surface area (Å²) < 4.78 is 10.8. The number of aliphatic hydroxyl groups excluding tert-OH is 1. The summed E-state index contributed by atoms with van der Waals surface area (Å²) in [5.41, 5.74) is 1.28. The molecule has 1 N–H and O–H groups in total. The van der Waals surface area contributed by atoms with Gasteiger partial charge in [0.15, 0.2) is 5.13 Å². The number of amides is 1. The highest BCUT2D eigenvalue weighted by Crippen LogP contribution is 2.44. The molecule has 9 heteroatoms. The Hall–Kier alpha value is -4.24. The number of aryl methyl sites for hydroxylation is 1. The number of hydrogen-bond donors (Lipinski definition) is 1. The molecule has 2 heterocycles. The molecular weight excluding hydrogens is 504 g/mol. The Labute approximate surface area is 224 Å². The molecule has 196 valence electrons. The van der Waals surface area contributed by atoms with Crippen LogP contribution >= 0.6 is 11.3 Å². The van der Waals surface area contributed by atoms with Crippen molar-refractivity contribution < 1.29 is 29.0 Å². The van der Waals surface area contributed by atoms with E-state index in [1.165, 1.54) is 11.0 Å². The van der Waals surface area contributed by atoms with Gasteiger partial charge in [-0.25, -0.2) is 9.78 Å². The topological polar surface area (TPSA) is 106 Å². The molecule has 0 spiro atoms. The summed E-state index contributed by atoms with van der Waals surface area (Å²) in [7, 11) is 0. The minimum atomic E-state index is -0.945. The Balaban J connectivity index is 1.77. The summed E-state index contributed by atoms with van der Waals surface area (Å²) in [6.45, 7) is 7.85. The van der Waals surface area contributed by atoms with Crippen molar-refractivity contribution in [2.75, 3.05) is 18.1 Å². The van der Waals surface area contributed by atoms with Crippen LogP contribution in [0, 0.1) is 6.92 Å². The number of carbonyl (C=O) groups excluding carboxylic acids is 3. The largest absolute Gasteiger partial charge is 0.507 e. The van der Waals surface area contributed by atoms with Crippen molar-refractivity contribution in [2.24, 2.45) is 0 Å². The number of ketones is 1. The number of unbranched alkanes of at least 4 members (excludes halogenated alkanes) is 1. The Morgan fingerprint density at radius 2 is 1.87 bits per heavy atom. The Bertz CT molecular complexity index is 1380. The molecule has 38 heavy (non-hydrogen) atoms. The smallest absolute Gasteiger partial charge is 0.350 e. The van der Waals surface area contributed by atoms with Crippen LogP contribution in [0.2, 0.25) is 0 Å². The predicted molar refractivity (Wildman–Crippen MR) is 145 cm³/mol. The van der Waals surface area contributed by atoms with Crippen LogP contribution < -0.4 is 9.64 Å². The lowest BCUT2D eigenvalue weighted by Gasteiger charge is -2.23. The SMILES string of the molecule is C=CCOC(=O)c1sc(N2C(=O)C(=O)C(=C(O)c3ccc(OCCCC)cc3)[C@H]2c2ccccc2)nc1C. The maximum atomic E-state index is 13.3. The van der Waals surface area contributed by atoms with E-state index in [-0.39, 0.29) is 27.9 Å². The van der Waals surface area contributed by atoms with Gasteiger partial charge in [-0.3, -0.25) is 14.5 Å². The van der Waals surface area contributed by atoms with E-state index in [4.69, 9.17) is 9.47 Å². The van der Waals surface area contributed by atoms with Crippen LogP contribution in [-0.2, 0) is 14.3 Å². The molecule has 1 atom stereocenters. The van der Waals surface area contributed by atoms with Crippen LogP contribution in [0.1, 0.15) is 52.3 Å². The number of Topliss-reactive ketones (excluding diaryl/α,β-unsaturated/α-hetero) is 1. The van der Waals surface area contributed by atoms with Gasteiger partial charge >= 0.3 is 11.9 Å². The molecule has 0 aliphatic carbocycles. The second-order valence-electron chi connectivity index (χ2n) is 8.60. The molecule has 1 saturated heterocycles. The molecule has 1 fully saturated rings. The van der Waals surface area contributed by atoms with E-state index in [9.17, 15) is 19.5 Å². The van der Waals surface area contributed by atoms with E-state index >= 15 is 0 Å². The molecule has 1 aromatic heterocycles. The van der Waals surface area contributed by atoms with Gasteiger partial charge in [0, 0.05) is 5.56 Å². The van der Waals surface area contributed by atoms with Crippen LogP contribution in [0.5, 0.6) is 5.75 Å². The van der Waals surface area contributed by atoms with E-state index in [2.05, 4.69) is 18.5 Å². The number of rotatable bonds is 10. The van der Waals surface area contributed by atoms with Crippen molar-refractivity contribution >= 4 is 39.9 Å². The third-order valence-electron chi connectivity index (χ3n) is 5.96. The quantitative estimate of drug-likeness (QED) is 0.0905. The number of aromatic nitrogens is 1. The van der Waals surface area contributed by atoms with Crippen molar-refractivity contribution in [1.29, 1.82) is 0 Å². The first-order chi connectivity index (χ1) is 18.4. The molecule has 8 nitrogen and oxygen atoms in total. The van der Waals surface area contributed by atoms with Gasteiger partial charge in [0.05, 0.1) is 23.9 Å². The number of aliphatic hydroxyl groups is 1. The lowest BCUT2D eigenvalue weighted by atomic mass is 9.95. The highest BCUT2D eigenvalue weighted by Gasteiger charge is 2.48. The van der Waals surface area contributed by atoms with Gasteiger partial charge in [0.1, 0.15) is 23.0 Å². The van der Waals surface area contributed by atoms with Crippen LogP contribution in [0.25, 0.3) is 5.76 Å². The van der Waals surface area contributed by atoms with Gasteiger partial charge in [-0.15, -0.1) is 0 Å². The molecule has 0 bridgehead atoms. The second kappa shape index (κ2) is 11.9. The lowest BCUT2D eigenvalue weighted by Crippen LogP contribution is -2.29. The second-order valence-corrected chi connectivity index (χ2v) is 9.58. The van der Waals surface area contributed by atoms with Gasteiger partial charge in [-0.1, -0.05) is 67.7 Å². The van der Waals surface area contributed by atoms with E-state index in [1.807, 2.05) is 6.07 Å². The van der Waals surface area contributed by atoms with Gasteiger partial charge < -0.3 is 14.6 Å². The van der Waals surface area contributed by atoms with Crippen molar-refractivity contribution in [3.05, 3.63) is 94.5 Å². The summed E-state index contributed by atoms with van der Waals surface area (Å²) in [5, 5.41) is 11.4. The van der Waals surface area contributed by atoms with Gasteiger partial charge in [-0.2, -0.15) is 0 Å². The fourth-order valence-corrected chi connectivity index (χ4v) is 5.04. The first-order valence-electron chi connectivity index (χ1n) is 12.2. The fraction of sp³-hybridized carbons (Fsp3) is 0.241. The fourth-order valence-electron chi connectivity index (χ4n) is 4.05. The molecule has 0 saturated carbocycles. The normalized spacial score (nSPS) is 16.5. The standard InChI is InChI=1S/C29H28N2O6S/c1-4-6-17-36-21-14-12-20(13-15-21)24(32)22-23(19-10-8-7-9-11-19)31(27(34)25(22)33)29-30-18(3)26(38-29)28(35)37-16-5-2/h5,7-15,23,32H,2,4,6,16-17H2,1,3H3/t23-/m1/s1. The molecular formula is C29H28N2O6S. The summed E-state index contributed by atoms with van der Waals surface area (Å²) >= 11 is 0.953. The summed E-state index contributed by atoms with van der Waals surface area (Å²) in [6, 6.07) is 14.7. The maximum absolute atomic E-state index is 13.3. The van der Waals surface area contributed by atoms with E-state index < -0.39 is 23.7 Å². The van der Waals surface area contributed by atoms with Crippen molar-refractivity contribution in [2.45, 2.75) is 32.7 Å². The minimum absolute atomic E-state index is 0.0302. The average Bonchev–Trinajstić information content (AvgIpc) is 3.44. The van der Waals surface area contributed by atoms with Gasteiger partial charge in [0.2, 0.25) is 0 Å². The number of ether oxygens (including phenoxy) is 2. The number of thiazole rings is 1. The third-order valence-corrected chi connectivity index (χ3v) is 7.10. The lowest BCUT2D eigenvalue weighted by molar-refractivity contribution is -0.132. The zero-order valence-corrected chi connectivity index (χ0v) is 22.0. The van der Waals surface area contributed by atoms with Gasteiger partial charge in [0.25, 0.3) is 5.78 Å². The molecule has 0 radical (unpaired) electrons. The molecule has 1 aliphatic heterocycles. The van der Waals surface area contributed by atoms with Crippen molar-refractivity contribution in [3.63, 3.8) is 0 Å². The average molecular weight is 533 g/mol.